The SMILES string of the molecule is CCCCCCC(CCOc1ccc(OCC(=O)O)c(CC)c1)c1sc2cc(C(F)(F)F)ccc2c1C. The summed E-state index contributed by atoms with van der Waals surface area (Å²) in [4.78, 5) is 12.0. The van der Waals surface area contributed by atoms with Gasteiger partial charge in [0.2, 0.25) is 0 Å². The maximum absolute atomic E-state index is 13.3. The maximum atomic E-state index is 13.3. The zero-order valence-corrected chi connectivity index (χ0v) is 22.4. The highest BCUT2D eigenvalue weighted by Gasteiger charge is 2.31. The Morgan fingerprint density at radius 3 is 2.49 bits per heavy atom. The minimum absolute atomic E-state index is 0.201. The van der Waals surface area contributed by atoms with Crippen molar-refractivity contribution in [2.24, 2.45) is 0 Å². The van der Waals surface area contributed by atoms with E-state index < -0.39 is 24.3 Å². The van der Waals surface area contributed by atoms with Gasteiger partial charge in [0.25, 0.3) is 0 Å². The summed E-state index contributed by atoms with van der Waals surface area (Å²) in [6, 6.07) is 9.40. The Bertz CT molecular complexity index is 1190. The molecular formula is C29H35F3O4S. The number of thiophene rings is 1. The Balaban J connectivity index is 1.75. The molecule has 0 fully saturated rings. The quantitative estimate of drug-likeness (QED) is 0.209. The standard InChI is InChI=1S/C29H35F3O4S/c1-4-6-7-8-9-21(28-19(3)24-12-10-22(29(30,31)32)17-26(24)37-28)14-15-35-23-11-13-25(20(5-2)16-23)36-18-27(33)34/h10-13,16-17,21H,4-9,14-15,18H2,1-3H3,(H,33,34). The molecule has 0 aliphatic carbocycles. The largest absolute Gasteiger partial charge is 0.494 e. The Morgan fingerprint density at radius 2 is 1.81 bits per heavy atom. The maximum Gasteiger partial charge on any atom is 0.416 e. The molecule has 0 bridgehead atoms. The molecule has 0 aliphatic rings. The van der Waals surface area contributed by atoms with Gasteiger partial charge in [-0.2, -0.15) is 13.2 Å². The molecule has 0 aliphatic heterocycles. The monoisotopic (exact) mass is 536 g/mol. The van der Waals surface area contributed by atoms with E-state index in [1.807, 2.05) is 19.9 Å². The topological polar surface area (TPSA) is 55.8 Å². The van der Waals surface area contributed by atoms with Gasteiger partial charge in [-0.15, -0.1) is 11.3 Å². The van der Waals surface area contributed by atoms with Gasteiger partial charge in [-0.3, -0.25) is 0 Å². The smallest absolute Gasteiger partial charge is 0.416 e. The van der Waals surface area contributed by atoms with Crippen LogP contribution in [0.5, 0.6) is 11.5 Å². The van der Waals surface area contributed by atoms with Gasteiger partial charge in [-0.05, 0) is 78.9 Å². The highest BCUT2D eigenvalue weighted by Crippen LogP contribution is 2.41. The molecule has 1 aromatic heterocycles. The average Bonchev–Trinajstić information content (AvgIpc) is 3.19. The molecule has 8 heteroatoms. The summed E-state index contributed by atoms with van der Waals surface area (Å²) < 4.78 is 51.9. The number of alkyl halides is 3. The lowest BCUT2D eigenvalue weighted by Gasteiger charge is -2.18. The van der Waals surface area contributed by atoms with E-state index in [-0.39, 0.29) is 5.92 Å². The number of fused-ring (bicyclic) bond motifs is 1. The van der Waals surface area contributed by atoms with Gasteiger partial charge in [0, 0.05) is 9.58 Å². The molecule has 202 valence electrons. The highest BCUT2D eigenvalue weighted by atomic mass is 32.1. The second-order valence-electron chi connectivity index (χ2n) is 9.29. The number of hydrogen-bond acceptors (Lipinski definition) is 4. The minimum Gasteiger partial charge on any atom is -0.494 e. The van der Waals surface area contributed by atoms with Crippen LogP contribution in [0.25, 0.3) is 10.1 Å². The summed E-state index contributed by atoms with van der Waals surface area (Å²) in [5, 5.41) is 9.75. The van der Waals surface area contributed by atoms with Crippen molar-refractivity contribution in [2.45, 2.75) is 77.8 Å². The van der Waals surface area contributed by atoms with Crippen molar-refractivity contribution in [3.8, 4) is 11.5 Å². The molecule has 0 saturated carbocycles. The van der Waals surface area contributed by atoms with Gasteiger partial charge < -0.3 is 14.6 Å². The van der Waals surface area contributed by atoms with E-state index in [1.165, 1.54) is 29.9 Å². The molecule has 1 unspecified atom stereocenters. The average molecular weight is 537 g/mol. The Labute approximate surface area is 220 Å². The third-order valence-electron chi connectivity index (χ3n) is 6.58. The van der Waals surface area contributed by atoms with Gasteiger partial charge in [0.05, 0.1) is 12.2 Å². The number of carboxylic acid groups (broad SMARTS) is 1. The summed E-state index contributed by atoms with van der Waals surface area (Å²) in [5.41, 5.74) is 1.32. The Kier molecular flexibility index (Phi) is 10.3. The predicted molar refractivity (Wildman–Crippen MR) is 142 cm³/mol. The Hall–Kier alpha value is -2.74. The number of hydrogen-bond donors (Lipinski definition) is 1. The summed E-state index contributed by atoms with van der Waals surface area (Å²) in [6.07, 6.45) is 2.54. The fourth-order valence-electron chi connectivity index (χ4n) is 4.56. The van der Waals surface area contributed by atoms with E-state index in [4.69, 9.17) is 14.6 Å². The number of aryl methyl sites for hydroxylation is 2. The minimum atomic E-state index is -4.36. The first-order valence-electron chi connectivity index (χ1n) is 12.8. The lowest BCUT2D eigenvalue weighted by atomic mass is 9.93. The van der Waals surface area contributed by atoms with Crippen molar-refractivity contribution in [3.05, 3.63) is 58.0 Å². The van der Waals surface area contributed by atoms with Crippen LogP contribution >= 0.6 is 11.3 Å². The fraction of sp³-hybridized carbons (Fsp3) is 0.483. The second kappa shape index (κ2) is 13.2. The highest BCUT2D eigenvalue weighted by molar-refractivity contribution is 7.19. The number of aliphatic carboxylic acids is 1. The third kappa shape index (κ3) is 7.87. The summed E-state index contributed by atoms with van der Waals surface area (Å²) in [7, 11) is 0. The molecule has 1 atom stereocenters. The number of rotatable bonds is 14. The zero-order valence-electron chi connectivity index (χ0n) is 21.6. The normalized spacial score (nSPS) is 12.6. The number of carbonyl (C=O) groups is 1. The van der Waals surface area contributed by atoms with Crippen molar-refractivity contribution >= 4 is 27.4 Å². The van der Waals surface area contributed by atoms with E-state index >= 15 is 0 Å². The van der Waals surface area contributed by atoms with Crippen molar-refractivity contribution < 1.29 is 32.5 Å². The van der Waals surface area contributed by atoms with Crippen LogP contribution in [-0.2, 0) is 17.4 Å². The first-order chi connectivity index (χ1) is 17.6. The van der Waals surface area contributed by atoms with E-state index in [1.54, 1.807) is 18.2 Å². The molecule has 2 aromatic carbocycles. The molecule has 0 saturated heterocycles. The molecule has 37 heavy (non-hydrogen) atoms. The van der Waals surface area contributed by atoms with Crippen molar-refractivity contribution in [2.75, 3.05) is 13.2 Å². The van der Waals surface area contributed by atoms with Crippen LogP contribution < -0.4 is 9.47 Å². The van der Waals surface area contributed by atoms with Gasteiger partial charge >= 0.3 is 12.1 Å². The van der Waals surface area contributed by atoms with Gasteiger partial charge in [-0.25, -0.2) is 4.79 Å². The molecular weight excluding hydrogens is 501 g/mol. The lowest BCUT2D eigenvalue weighted by molar-refractivity contribution is -0.139. The predicted octanol–water partition coefficient (Wildman–Crippen LogP) is 8.78. The first kappa shape index (κ1) is 28.8. The third-order valence-corrected chi connectivity index (χ3v) is 8.00. The van der Waals surface area contributed by atoms with Crippen LogP contribution in [0.2, 0.25) is 0 Å². The van der Waals surface area contributed by atoms with Gasteiger partial charge in [-0.1, -0.05) is 45.6 Å². The second-order valence-corrected chi connectivity index (χ2v) is 10.4. The summed E-state index contributed by atoms with van der Waals surface area (Å²) in [6.45, 7) is 6.21. The summed E-state index contributed by atoms with van der Waals surface area (Å²) in [5.74, 6) is 0.392. The number of ether oxygens (including phenoxy) is 2. The molecule has 1 N–H and O–H groups in total. The number of carboxylic acids is 1. The molecule has 3 rings (SSSR count). The van der Waals surface area contributed by atoms with Crippen LogP contribution in [-0.4, -0.2) is 24.3 Å². The van der Waals surface area contributed by atoms with Crippen molar-refractivity contribution in [1.29, 1.82) is 0 Å². The van der Waals surface area contributed by atoms with Crippen LogP contribution in [0.15, 0.2) is 36.4 Å². The summed E-state index contributed by atoms with van der Waals surface area (Å²) >= 11 is 1.47. The van der Waals surface area contributed by atoms with E-state index in [2.05, 4.69) is 6.92 Å². The van der Waals surface area contributed by atoms with Crippen molar-refractivity contribution in [1.82, 2.24) is 0 Å². The molecule has 0 radical (unpaired) electrons. The first-order valence-corrected chi connectivity index (χ1v) is 13.7. The van der Waals surface area contributed by atoms with Crippen LogP contribution in [0.3, 0.4) is 0 Å². The fourth-order valence-corrected chi connectivity index (χ4v) is 5.97. The zero-order chi connectivity index (χ0) is 27.0. The molecule has 3 aromatic rings. The van der Waals surface area contributed by atoms with Crippen molar-refractivity contribution in [3.63, 3.8) is 0 Å². The van der Waals surface area contributed by atoms with Gasteiger partial charge in [0.1, 0.15) is 11.5 Å². The number of halogens is 3. The van der Waals surface area contributed by atoms with E-state index in [9.17, 15) is 18.0 Å². The lowest BCUT2D eigenvalue weighted by Crippen LogP contribution is -2.10. The molecule has 1 heterocycles. The molecule has 4 nitrogen and oxygen atoms in total. The van der Waals surface area contributed by atoms with Crippen LogP contribution in [0, 0.1) is 6.92 Å². The van der Waals surface area contributed by atoms with Gasteiger partial charge in [0.15, 0.2) is 6.61 Å². The van der Waals surface area contributed by atoms with Crippen LogP contribution in [0.1, 0.15) is 79.9 Å². The van der Waals surface area contributed by atoms with E-state index in [0.717, 1.165) is 53.5 Å². The number of benzene rings is 2. The molecule has 0 spiro atoms. The number of unbranched alkanes of at least 4 members (excludes halogenated alkanes) is 3. The Morgan fingerprint density at radius 1 is 1.03 bits per heavy atom. The van der Waals surface area contributed by atoms with E-state index in [0.29, 0.717) is 29.2 Å². The molecule has 0 amide bonds. The van der Waals surface area contributed by atoms with Crippen LogP contribution in [0.4, 0.5) is 13.2 Å².